The van der Waals surface area contributed by atoms with E-state index in [0.29, 0.717) is 17.9 Å². The van der Waals surface area contributed by atoms with Gasteiger partial charge < -0.3 is 9.47 Å². The second-order valence-corrected chi connectivity index (χ2v) is 8.70. The highest BCUT2D eigenvalue weighted by molar-refractivity contribution is 5.70. The maximum Gasteiger partial charge on any atom is 0.307 e. The highest BCUT2D eigenvalue weighted by atomic mass is 16.6. The molecule has 1 atom stereocenters. The van der Waals surface area contributed by atoms with Gasteiger partial charge in [-0.2, -0.15) is 0 Å². The van der Waals surface area contributed by atoms with Gasteiger partial charge >= 0.3 is 5.97 Å². The Morgan fingerprint density at radius 2 is 1.49 bits per heavy atom. The highest BCUT2D eigenvalue weighted by Crippen LogP contribution is 2.32. The molecule has 0 amide bonds. The molecule has 4 nitrogen and oxygen atoms in total. The van der Waals surface area contributed by atoms with Crippen molar-refractivity contribution >= 4 is 12.0 Å². The van der Waals surface area contributed by atoms with Gasteiger partial charge in [0.15, 0.2) is 11.9 Å². The first kappa shape index (κ1) is 24.0. The smallest absolute Gasteiger partial charge is 0.307 e. The maximum absolute atomic E-state index is 12.7. The number of rotatable bonds is 9. The summed E-state index contributed by atoms with van der Waals surface area (Å²) < 4.78 is 12.4. The minimum absolute atomic E-state index is 0.191. The van der Waals surface area contributed by atoms with Crippen LogP contribution in [-0.4, -0.2) is 11.0 Å². The predicted molar refractivity (Wildman–Crippen MR) is 139 cm³/mol. The number of pyridine rings is 1. The van der Waals surface area contributed by atoms with Gasteiger partial charge in [0, 0.05) is 24.4 Å². The van der Waals surface area contributed by atoms with Crippen LogP contribution in [0, 0.1) is 5.92 Å². The molecule has 4 rings (SSSR count). The summed E-state index contributed by atoms with van der Waals surface area (Å²) in [6.45, 7) is 3.99. The number of carbonyl (C=O) groups excluding carboxylic acids is 1. The third-order valence-corrected chi connectivity index (χ3v) is 5.38. The van der Waals surface area contributed by atoms with Gasteiger partial charge in [0.1, 0.15) is 5.75 Å². The van der Waals surface area contributed by atoms with Crippen LogP contribution in [0.5, 0.6) is 5.75 Å². The molecule has 1 unspecified atom stereocenters. The largest absolute Gasteiger partial charge is 0.457 e. The molecule has 0 saturated heterocycles. The van der Waals surface area contributed by atoms with E-state index in [1.54, 1.807) is 12.4 Å². The van der Waals surface area contributed by atoms with Crippen molar-refractivity contribution in [3.8, 4) is 16.9 Å². The molecule has 0 aliphatic heterocycles. The zero-order chi connectivity index (χ0) is 24.5. The van der Waals surface area contributed by atoms with Gasteiger partial charge in [0.25, 0.3) is 0 Å². The molecule has 0 bridgehead atoms. The summed E-state index contributed by atoms with van der Waals surface area (Å²) in [7, 11) is 0. The average Bonchev–Trinajstić information content (AvgIpc) is 2.89. The third kappa shape index (κ3) is 6.90. The molecule has 1 heterocycles. The second kappa shape index (κ2) is 11.8. The van der Waals surface area contributed by atoms with Gasteiger partial charge in [-0.25, -0.2) is 0 Å². The Morgan fingerprint density at radius 3 is 2.11 bits per heavy atom. The fraction of sp³-hybridized carbons (Fsp3) is 0.161. The number of carbonyl (C=O) groups is 1. The first-order chi connectivity index (χ1) is 17.1. The number of nitrogens with zero attached hydrogens (tertiary/aromatic N) is 1. The molecule has 0 spiro atoms. The Balaban J connectivity index is 1.69. The average molecular weight is 464 g/mol. The number of esters is 1. The molecule has 0 N–H and O–H groups in total. The Morgan fingerprint density at radius 1 is 0.829 bits per heavy atom. The molecule has 4 aromatic rings. The topological polar surface area (TPSA) is 48.4 Å². The Labute approximate surface area is 206 Å². The lowest BCUT2D eigenvalue weighted by atomic mass is 10.0. The highest BCUT2D eigenvalue weighted by Gasteiger charge is 2.24. The van der Waals surface area contributed by atoms with Crippen molar-refractivity contribution in [1.82, 2.24) is 4.98 Å². The molecule has 0 fully saturated rings. The molecular weight excluding hydrogens is 434 g/mol. The molecule has 4 heteroatoms. The lowest BCUT2D eigenvalue weighted by Gasteiger charge is -2.22. The molecule has 0 radical (unpaired) electrons. The van der Waals surface area contributed by atoms with Crippen molar-refractivity contribution < 1.29 is 14.3 Å². The summed E-state index contributed by atoms with van der Waals surface area (Å²) in [6.07, 6.45) is 4.97. The normalized spacial score (nSPS) is 12.3. The van der Waals surface area contributed by atoms with Crippen LogP contribution < -0.4 is 4.74 Å². The van der Waals surface area contributed by atoms with Crippen molar-refractivity contribution in [1.29, 1.82) is 0 Å². The Kier molecular flexibility index (Phi) is 8.08. The van der Waals surface area contributed by atoms with E-state index in [-0.39, 0.29) is 11.9 Å². The van der Waals surface area contributed by atoms with E-state index in [9.17, 15) is 4.79 Å². The lowest BCUT2D eigenvalue weighted by molar-refractivity contribution is -0.149. The third-order valence-electron chi connectivity index (χ3n) is 5.38. The predicted octanol–water partition coefficient (Wildman–Crippen LogP) is 7.50. The van der Waals surface area contributed by atoms with Crippen LogP contribution in [0.25, 0.3) is 17.2 Å². The van der Waals surface area contributed by atoms with Crippen LogP contribution >= 0.6 is 0 Å². The van der Waals surface area contributed by atoms with Crippen molar-refractivity contribution in [3.05, 3.63) is 126 Å². The SMILES string of the molecule is CC(C)CC(=O)OC(/C(=C\c1cccnc1)Oc1ccc(-c2ccccc2)cc1)c1ccccc1. The van der Waals surface area contributed by atoms with Gasteiger partial charge in [-0.1, -0.05) is 92.7 Å². The number of benzene rings is 3. The van der Waals surface area contributed by atoms with E-state index in [1.807, 2.05) is 105 Å². The van der Waals surface area contributed by atoms with Gasteiger partial charge in [-0.3, -0.25) is 9.78 Å². The van der Waals surface area contributed by atoms with Crippen LogP contribution in [0.2, 0.25) is 0 Å². The minimum Gasteiger partial charge on any atom is -0.457 e. The van der Waals surface area contributed by atoms with Gasteiger partial charge in [-0.15, -0.1) is 0 Å². The summed E-state index contributed by atoms with van der Waals surface area (Å²) in [4.78, 5) is 16.9. The van der Waals surface area contributed by atoms with Crippen molar-refractivity contribution in [3.63, 3.8) is 0 Å². The van der Waals surface area contributed by atoms with Crippen LogP contribution in [0.3, 0.4) is 0 Å². The zero-order valence-electron chi connectivity index (χ0n) is 20.0. The van der Waals surface area contributed by atoms with E-state index in [2.05, 4.69) is 17.1 Å². The fourth-order valence-corrected chi connectivity index (χ4v) is 3.70. The van der Waals surface area contributed by atoms with E-state index >= 15 is 0 Å². The summed E-state index contributed by atoms with van der Waals surface area (Å²) in [5, 5.41) is 0. The van der Waals surface area contributed by atoms with E-state index in [4.69, 9.17) is 9.47 Å². The summed E-state index contributed by atoms with van der Waals surface area (Å²) in [5.41, 5.74) is 3.92. The minimum atomic E-state index is -0.698. The summed E-state index contributed by atoms with van der Waals surface area (Å²) in [6, 6.07) is 31.5. The summed E-state index contributed by atoms with van der Waals surface area (Å²) in [5.74, 6) is 1.08. The zero-order valence-corrected chi connectivity index (χ0v) is 20.0. The maximum atomic E-state index is 12.7. The number of ether oxygens (including phenoxy) is 2. The number of hydrogen-bond acceptors (Lipinski definition) is 4. The molecule has 176 valence electrons. The van der Waals surface area contributed by atoms with Gasteiger partial charge in [0.2, 0.25) is 0 Å². The second-order valence-electron chi connectivity index (χ2n) is 8.70. The molecule has 1 aromatic heterocycles. The standard InChI is InChI=1S/C31H29NO3/c1-23(2)20-30(33)35-31(27-13-7-4-8-14-27)29(21-24-10-9-19-32-22-24)34-28-17-15-26(16-18-28)25-11-5-3-6-12-25/h3-19,21-23,31H,20H2,1-2H3/b29-21+. The molecular formula is C31H29NO3. The van der Waals surface area contributed by atoms with Gasteiger partial charge in [-0.05, 0) is 46.9 Å². The number of hydrogen-bond donors (Lipinski definition) is 0. The number of aromatic nitrogens is 1. The first-order valence-corrected chi connectivity index (χ1v) is 11.8. The monoisotopic (exact) mass is 463 g/mol. The quantitative estimate of drug-likeness (QED) is 0.190. The van der Waals surface area contributed by atoms with Crippen molar-refractivity contribution in [2.24, 2.45) is 5.92 Å². The van der Waals surface area contributed by atoms with Gasteiger partial charge in [0.05, 0.1) is 0 Å². The fourth-order valence-electron chi connectivity index (χ4n) is 3.70. The summed E-state index contributed by atoms with van der Waals surface area (Å²) >= 11 is 0. The molecule has 0 aliphatic carbocycles. The molecule has 0 saturated carbocycles. The van der Waals surface area contributed by atoms with Crippen LogP contribution in [0.15, 0.2) is 115 Å². The molecule has 35 heavy (non-hydrogen) atoms. The van der Waals surface area contributed by atoms with Crippen LogP contribution in [-0.2, 0) is 9.53 Å². The lowest BCUT2D eigenvalue weighted by Crippen LogP contribution is -2.18. The van der Waals surface area contributed by atoms with E-state index in [0.717, 1.165) is 22.3 Å². The van der Waals surface area contributed by atoms with E-state index in [1.165, 1.54) is 0 Å². The van der Waals surface area contributed by atoms with Crippen molar-refractivity contribution in [2.75, 3.05) is 0 Å². The first-order valence-electron chi connectivity index (χ1n) is 11.8. The molecule has 3 aromatic carbocycles. The van der Waals surface area contributed by atoms with Crippen molar-refractivity contribution in [2.45, 2.75) is 26.4 Å². The Bertz CT molecular complexity index is 1230. The van der Waals surface area contributed by atoms with Crippen LogP contribution in [0.4, 0.5) is 0 Å². The Hall–Kier alpha value is -4.18. The van der Waals surface area contributed by atoms with Crippen LogP contribution in [0.1, 0.15) is 37.5 Å². The van der Waals surface area contributed by atoms with E-state index < -0.39 is 6.10 Å². The molecule has 0 aliphatic rings.